The van der Waals surface area contributed by atoms with Crippen LogP contribution in [0.3, 0.4) is 0 Å². The van der Waals surface area contributed by atoms with Crippen LogP contribution < -0.4 is 16.2 Å². The van der Waals surface area contributed by atoms with Gasteiger partial charge >= 0.3 is 0 Å². The summed E-state index contributed by atoms with van der Waals surface area (Å²) in [5.74, 6) is -0.230. The van der Waals surface area contributed by atoms with E-state index in [1.807, 2.05) is 33.8 Å². The number of carbonyl (C=O) groups excluding carboxylic acids is 2. The van der Waals surface area contributed by atoms with E-state index < -0.39 is 6.04 Å². The Balaban J connectivity index is 2.13. The molecule has 0 bridgehead atoms. The van der Waals surface area contributed by atoms with Crippen LogP contribution in [0.1, 0.15) is 34.1 Å². The number of rotatable bonds is 7. The van der Waals surface area contributed by atoms with E-state index in [4.69, 9.17) is 0 Å². The molecule has 1 aromatic heterocycles. The average molecular weight is 370 g/mol. The summed E-state index contributed by atoms with van der Waals surface area (Å²) in [6.45, 7) is 7.70. The fraction of sp³-hybridized carbons (Fsp3) is 0.400. The second-order valence-corrected chi connectivity index (χ2v) is 7.26. The van der Waals surface area contributed by atoms with Crippen LogP contribution in [0.5, 0.6) is 0 Å². The summed E-state index contributed by atoms with van der Waals surface area (Å²) in [6.07, 6.45) is 0.379. The van der Waals surface area contributed by atoms with Crippen molar-refractivity contribution in [3.05, 3.63) is 46.8 Å². The lowest BCUT2D eigenvalue weighted by Gasteiger charge is -2.22. The zero-order valence-corrected chi connectivity index (χ0v) is 16.1. The molecule has 2 rings (SSSR count). The van der Waals surface area contributed by atoms with Crippen molar-refractivity contribution in [2.24, 2.45) is 11.8 Å². The molecule has 0 fully saturated rings. The van der Waals surface area contributed by atoms with E-state index in [0.717, 1.165) is 5.56 Å². The molecule has 0 spiro atoms. The maximum absolute atomic E-state index is 12.7. The lowest BCUT2D eigenvalue weighted by atomic mass is 10.0. The van der Waals surface area contributed by atoms with Gasteiger partial charge in [-0.05, 0) is 30.0 Å². The summed E-state index contributed by atoms with van der Waals surface area (Å²) in [4.78, 5) is 35.9. The van der Waals surface area contributed by atoms with Crippen LogP contribution >= 0.6 is 0 Å². The first kappa shape index (κ1) is 20.4. The predicted octanol–water partition coefficient (Wildman–Crippen LogP) is 2.56. The first-order valence-corrected chi connectivity index (χ1v) is 9.02. The van der Waals surface area contributed by atoms with E-state index in [0.29, 0.717) is 17.8 Å². The Kier molecular flexibility index (Phi) is 6.87. The van der Waals surface area contributed by atoms with Crippen molar-refractivity contribution in [2.45, 2.75) is 40.2 Å². The van der Waals surface area contributed by atoms with Gasteiger partial charge in [-0.1, -0.05) is 39.8 Å². The molecule has 1 aromatic carbocycles. The molecule has 1 unspecified atom stereocenters. The molecule has 1 heterocycles. The number of aromatic nitrogens is 2. The summed E-state index contributed by atoms with van der Waals surface area (Å²) >= 11 is 0. The van der Waals surface area contributed by atoms with Crippen molar-refractivity contribution < 1.29 is 9.59 Å². The predicted molar refractivity (Wildman–Crippen MR) is 105 cm³/mol. The lowest BCUT2D eigenvalue weighted by Crippen LogP contribution is -2.47. The van der Waals surface area contributed by atoms with Crippen LogP contribution in [0.4, 0.5) is 5.69 Å². The Labute approximate surface area is 158 Å². The highest BCUT2D eigenvalue weighted by Crippen LogP contribution is 2.20. The van der Waals surface area contributed by atoms with Crippen LogP contribution in [0.25, 0.3) is 11.3 Å². The van der Waals surface area contributed by atoms with Crippen molar-refractivity contribution in [3.63, 3.8) is 0 Å². The Hall–Kier alpha value is -2.96. The van der Waals surface area contributed by atoms with E-state index in [1.54, 1.807) is 24.3 Å². The molecule has 1 atom stereocenters. The van der Waals surface area contributed by atoms with Crippen LogP contribution in [0.2, 0.25) is 0 Å². The molecule has 7 heteroatoms. The number of amides is 2. The molecule has 2 aromatic rings. The normalized spacial score (nSPS) is 12.1. The van der Waals surface area contributed by atoms with Gasteiger partial charge in [-0.3, -0.25) is 14.4 Å². The molecule has 144 valence electrons. The van der Waals surface area contributed by atoms with Crippen LogP contribution in [0, 0.1) is 11.8 Å². The number of H-pyrrole nitrogens is 1. The average Bonchev–Trinajstić information content (AvgIpc) is 2.59. The number of hydrogen-bond acceptors (Lipinski definition) is 4. The van der Waals surface area contributed by atoms with Gasteiger partial charge in [0.1, 0.15) is 6.04 Å². The molecule has 7 nitrogen and oxygen atoms in total. The third kappa shape index (κ3) is 6.06. The molecule has 0 radical (unpaired) electrons. The summed E-state index contributed by atoms with van der Waals surface area (Å²) in [7, 11) is 0. The first-order chi connectivity index (χ1) is 12.8. The van der Waals surface area contributed by atoms with Crippen molar-refractivity contribution >= 4 is 17.5 Å². The van der Waals surface area contributed by atoms with Gasteiger partial charge in [0.05, 0.1) is 5.69 Å². The van der Waals surface area contributed by atoms with Gasteiger partial charge in [0.15, 0.2) is 0 Å². The Morgan fingerprint density at radius 3 is 2.44 bits per heavy atom. The molecule has 0 saturated heterocycles. The van der Waals surface area contributed by atoms with Gasteiger partial charge in [0, 0.05) is 23.7 Å². The van der Waals surface area contributed by atoms with E-state index in [2.05, 4.69) is 20.8 Å². The minimum Gasteiger partial charge on any atom is -0.344 e. The summed E-state index contributed by atoms with van der Waals surface area (Å²) in [6, 6.07) is 9.55. The van der Waals surface area contributed by atoms with Gasteiger partial charge in [-0.2, -0.15) is 5.10 Å². The Morgan fingerprint density at radius 2 is 1.85 bits per heavy atom. The first-order valence-electron chi connectivity index (χ1n) is 9.02. The molecular weight excluding hydrogens is 344 g/mol. The number of nitrogens with one attached hydrogen (secondary N) is 3. The second kappa shape index (κ2) is 9.12. The highest BCUT2D eigenvalue weighted by atomic mass is 16.2. The molecule has 0 aliphatic carbocycles. The monoisotopic (exact) mass is 370 g/mol. The van der Waals surface area contributed by atoms with Crippen molar-refractivity contribution in [1.82, 2.24) is 15.5 Å². The highest BCUT2D eigenvalue weighted by Gasteiger charge is 2.24. The maximum atomic E-state index is 12.7. The molecule has 0 aliphatic heterocycles. The van der Waals surface area contributed by atoms with Crippen LogP contribution in [0.15, 0.2) is 41.2 Å². The number of carbonyl (C=O) groups is 2. The van der Waals surface area contributed by atoms with Crippen molar-refractivity contribution in [1.29, 1.82) is 0 Å². The van der Waals surface area contributed by atoms with E-state index in [1.165, 1.54) is 6.07 Å². The van der Waals surface area contributed by atoms with E-state index >= 15 is 0 Å². The fourth-order valence-electron chi connectivity index (χ4n) is 2.62. The lowest BCUT2D eigenvalue weighted by molar-refractivity contribution is -0.127. The van der Waals surface area contributed by atoms with Gasteiger partial charge in [0.25, 0.3) is 5.56 Å². The summed E-state index contributed by atoms with van der Waals surface area (Å²) < 4.78 is 0. The highest BCUT2D eigenvalue weighted by molar-refractivity contribution is 5.97. The fourth-order valence-corrected chi connectivity index (χ4v) is 2.62. The Bertz CT molecular complexity index is 838. The Morgan fingerprint density at radius 1 is 1.11 bits per heavy atom. The molecule has 0 saturated carbocycles. The maximum Gasteiger partial charge on any atom is 0.264 e. The minimum atomic E-state index is -0.619. The quantitative estimate of drug-likeness (QED) is 0.697. The molecule has 2 amide bonds. The number of anilines is 1. The molecule has 3 N–H and O–H groups in total. The second-order valence-electron chi connectivity index (χ2n) is 7.26. The SMILES string of the molecule is CC(C)CC(=O)NC(C(=O)Nc1cccc(-c2ccc(=O)[nH]n2)c1)C(C)C. The molecule has 0 aliphatic rings. The number of nitrogens with zero attached hydrogens (tertiary/aromatic N) is 1. The summed E-state index contributed by atoms with van der Waals surface area (Å²) in [5.41, 5.74) is 1.67. The number of aromatic amines is 1. The number of benzene rings is 1. The topological polar surface area (TPSA) is 104 Å². The van der Waals surface area contributed by atoms with Gasteiger partial charge < -0.3 is 10.6 Å². The van der Waals surface area contributed by atoms with Crippen molar-refractivity contribution in [3.8, 4) is 11.3 Å². The number of hydrogen-bond donors (Lipinski definition) is 3. The van der Waals surface area contributed by atoms with Crippen LogP contribution in [-0.2, 0) is 9.59 Å². The minimum absolute atomic E-state index is 0.0508. The third-order valence-electron chi connectivity index (χ3n) is 3.96. The zero-order chi connectivity index (χ0) is 20.0. The zero-order valence-electron chi connectivity index (χ0n) is 16.1. The smallest absolute Gasteiger partial charge is 0.264 e. The third-order valence-corrected chi connectivity index (χ3v) is 3.96. The van der Waals surface area contributed by atoms with Gasteiger partial charge in [-0.15, -0.1) is 0 Å². The largest absolute Gasteiger partial charge is 0.344 e. The van der Waals surface area contributed by atoms with E-state index in [-0.39, 0.29) is 29.2 Å². The van der Waals surface area contributed by atoms with Crippen molar-refractivity contribution in [2.75, 3.05) is 5.32 Å². The van der Waals surface area contributed by atoms with Gasteiger partial charge in [-0.25, -0.2) is 5.10 Å². The van der Waals surface area contributed by atoms with E-state index in [9.17, 15) is 14.4 Å². The van der Waals surface area contributed by atoms with Crippen LogP contribution in [-0.4, -0.2) is 28.1 Å². The van der Waals surface area contributed by atoms with Gasteiger partial charge in [0.2, 0.25) is 11.8 Å². The molecular formula is C20H26N4O3. The molecule has 27 heavy (non-hydrogen) atoms. The standard InChI is InChI=1S/C20H26N4O3/c1-12(2)10-18(26)22-19(13(3)4)20(27)21-15-7-5-6-14(11-15)16-8-9-17(25)24-23-16/h5-9,11-13,19H,10H2,1-4H3,(H,21,27)(H,22,26)(H,24,25). The summed E-state index contributed by atoms with van der Waals surface area (Å²) in [5, 5.41) is 12.0.